The van der Waals surface area contributed by atoms with Crippen LogP contribution in [0.4, 0.5) is 8.78 Å². The van der Waals surface area contributed by atoms with Crippen molar-refractivity contribution in [1.82, 2.24) is 16.2 Å². The highest BCUT2D eigenvalue weighted by atomic mass is 32.2. The molecule has 2 saturated heterocycles. The number of hydrogen-bond donors (Lipinski definition) is 3. The average molecular weight is 299 g/mol. The molecule has 0 radical (unpaired) electrons. The zero-order valence-electron chi connectivity index (χ0n) is 10.8. The van der Waals surface area contributed by atoms with Gasteiger partial charge in [-0.2, -0.15) is 0 Å². The number of thioether (sulfide) groups is 1. The molecular weight excluding hydrogens is 284 g/mol. The van der Waals surface area contributed by atoms with E-state index in [-0.39, 0.29) is 35.0 Å². The largest absolute Gasteiger partial charge is 0.338 e. The fourth-order valence-electron chi connectivity index (χ4n) is 2.82. The van der Waals surface area contributed by atoms with Gasteiger partial charge in [0.25, 0.3) is 0 Å². The van der Waals surface area contributed by atoms with Crippen molar-refractivity contribution in [3.8, 4) is 0 Å². The zero-order chi connectivity index (χ0) is 14.3. The first-order chi connectivity index (χ1) is 9.54. The van der Waals surface area contributed by atoms with Crippen LogP contribution in [0.25, 0.3) is 0 Å². The molecule has 4 unspecified atom stereocenters. The number of carbonyl (C=O) groups excluding carboxylic acids is 1. The van der Waals surface area contributed by atoms with Crippen LogP contribution in [-0.2, 0) is 4.79 Å². The Morgan fingerprint density at radius 3 is 2.60 bits per heavy atom. The third-order valence-electron chi connectivity index (χ3n) is 3.70. The number of nitrogens with one attached hydrogen (secondary N) is 3. The van der Waals surface area contributed by atoms with Crippen LogP contribution in [0.3, 0.4) is 0 Å². The molecule has 2 aliphatic rings. The van der Waals surface area contributed by atoms with E-state index in [0.29, 0.717) is 5.56 Å². The van der Waals surface area contributed by atoms with Crippen LogP contribution in [0, 0.1) is 17.6 Å². The van der Waals surface area contributed by atoms with E-state index in [9.17, 15) is 13.6 Å². The Morgan fingerprint density at radius 1 is 1.20 bits per heavy atom. The normalized spacial score (nSPS) is 33.5. The van der Waals surface area contributed by atoms with E-state index in [4.69, 9.17) is 0 Å². The summed E-state index contributed by atoms with van der Waals surface area (Å²) in [5, 5.41) is 2.73. The number of hydrogen-bond acceptors (Lipinski definition) is 4. The predicted octanol–water partition coefficient (Wildman–Crippen LogP) is 1.31. The molecule has 7 heteroatoms. The minimum Gasteiger partial charge on any atom is -0.338 e. The van der Waals surface area contributed by atoms with Gasteiger partial charge in [-0.1, -0.05) is 0 Å². The van der Waals surface area contributed by atoms with Gasteiger partial charge >= 0.3 is 0 Å². The predicted molar refractivity (Wildman–Crippen MR) is 72.7 cm³/mol. The number of hydrazine groups is 1. The SMILES string of the molecule is CC1NNC2NC(=O)CSC(c3cc(F)cc(F)c3)C12. The van der Waals surface area contributed by atoms with Gasteiger partial charge < -0.3 is 5.32 Å². The van der Waals surface area contributed by atoms with Crippen LogP contribution in [0.15, 0.2) is 18.2 Å². The molecular formula is C13H15F2N3OS. The number of benzene rings is 1. The van der Waals surface area contributed by atoms with Gasteiger partial charge in [0.1, 0.15) is 11.6 Å². The lowest BCUT2D eigenvalue weighted by atomic mass is 9.91. The summed E-state index contributed by atoms with van der Waals surface area (Å²) < 4.78 is 26.9. The van der Waals surface area contributed by atoms with E-state index in [0.717, 1.165) is 6.07 Å². The maximum Gasteiger partial charge on any atom is 0.231 e. The number of amides is 1. The van der Waals surface area contributed by atoms with Crippen LogP contribution >= 0.6 is 11.8 Å². The average Bonchev–Trinajstić information content (AvgIpc) is 2.63. The second-order valence-electron chi connectivity index (χ2n) is 5.13. The third-order valence-corrected chi connectivity index (χ3v) is 5.08. The summed E-state index contributed by atoms with van der Waals surface area (Å²) in [5.41, 5.74) is 6.68. The monoisotopic (exact) mass is 299 g/mol. The molecule has 4 nitrogen and oxygen atoms in total. The lowest BCUT2D eigenvalue weighted by Crippen LogP contribution is -2.46. The summed E-state index contributed by atoms with van der Waals surface area (Å²) in [6.07, 6.45) is -0.233. The second-order valence-corrected chi connectivity index (χ2v) is 6.26. The van der Waals surface area contributed by atoms with Gasteiger partial charge in [0.05, 0.1) is 11.9 Å². The summed E-state index contributed by atoms with van der Waals surface area (Å²) in [6, 6.07) is 3.64. The smallest absolute Gasteiger partial charge is 0.231 e. The molecule has 1 aromatic carbocycles. The van der Waals surface area contributed by atoms with E-state index in [1.807, 2.05) is 6.92 Å². The van der Waals surface area contributed by atoms with Gasteiger partial charge in [-0.15, -0.1) is 11.8 Å². The van der Waals surface area contributed by atoms with Crippen molar-refractivity contribution in [2.75, 3.05) is 5.75 Å². The summed E-state index contributed by atoms with van der Waals surface area (Å²) in [4.78, 5) is 11.7. The summed E-state index contributed by atoms with van der Waals surface area (Å²) >= 11 is 1.42. The standard InChI is InChI=1S/C13H15F2N3OS/c1-6-11-12(7-2-8(14)4-9(15)3-7)20-5-10(19)16-13(11)18-17-6/h2-4,6,11-13,17-18H,5H2,1H3,(H,16,19). The van der Waals surface area contributed by atoms with Crippen molar-refractivity contribution in [3.05, 3.63) is 35.4 Å². The Balaban J connectivity index is 1.98. The van der Waals surface area contributed by atoms with Crippen molar-refractivity contribution in [2.45, 2.75) is 24.4 Å². The van der Waals surface area contributed by atoms with Crippen LogP contribution in [0.5, 0.6) is 0 Å². The molecule has 2 fully saturated rings. The quantitative estimate of drug-likeness (QED) is 0.732. The molecule has 3 rings (SSSR count). The van der Waals surface area contributed by atoms with E-state index in [2.05, 4.69) is 16.2 Å². The summed E-state index contributed by atoms with van der Waals surface area (Å²) in [5.74, 6) is -0.954. The van der Waals surface area contributed by atoms with E-state index in [1.54, 1.807) is 0 Å². The van der Waals surface area contributed by atoms with Crippen LogP contribution in [0.1, 0.15) is 17.7 Å². The molecule has 0 bridgehead atoms. The Morgan fingerprint density at radius 2 is 1.90 bits per heavy atom. The van der Waals surface area contributed by atoms with Crippen LogP contribution < -0.4 is 16.2 Å². The summed E-state index contributed by atoms with van der Waals surface area (Å²) in [7, 11) is 0. The lowest BCUT2D eigenvalue weighted by Gasteiger charge is -2.27. The topological polar surface area (TPSA) is 53.2 Å². The van der Waals surface area contributed by atoms with Gasteiger partial charge in [-0.25, -0.2) is 14.2 Å². The van der Waals surface area contributed by atoms with Crippen molar-refractivity contribution >= 4 is 17.7 Å². The fraction of sp³-hybridized carbons (Fsp3) is 0.462. The molecule has 4 atom stereocenters. The van der Waals surface area contributed by atoms with E-state index < -0.39 is 11.6 Å². The zero-order valence-corrected chi connectivity index (χ0v) is 11.6. The molecule has 1 aromatic rings. The Kier molecular flexibility index (Phi) is 3.66. The third kappa shape index (κ3) is 2.53. The molecule has 0 saturated carbocycles. The lowest BCUT2D eigenvalue weighted by molar-refractivity contribution is -0.119. The van der Waals surface area contributed by atoms with Gasteiger partial charge in [-0.3, -0.25) is 10.2 Å². The minimum absolute atomic E-state index is 0.0210. The van der Waals surface area contributed by atoms with Crippen LogP contribution in [-0.4, -0.2) is 23.9 Å². The second kappa shape index (κ2) is 5.31. The number of carbonyl (C=O) groups is 1. The Labute approximate surface area is 119 Å². The number of halogens is 2. The molecule has 108 valence electrons. The molecule has 1 amide bonds. The highest BCUT2D eigenvalue weighted by Gasteiger charge is 2.42. The molecule has 0 aliphatic carbocycles. The highest BCUT2D eigenvalue weighted by Crippen LogP contribution is 2.42. The van der Waals surface area contributed by atoms with E-state index >= 15 is 0 Å². The fourth-order valence-corrected chi connectivity index (χ4v) is 4.18. The first kappa shape index (κ1) is 13.8. The maximum atomic E-state index is 13.4. The van der Waals surface area contributed by atoms with Crippen molar-refractivity contribution in [3.63, 3.8) is 0 Å². The molecule has 0 spiro atoms. The molecule has 20 heavy (non-hydrogen) atoms. The first-order valence-electron chi connectivity index (χ1n) is 6.42. The molecule has 2 heterocycles. The molecule has 3 N–H and O–H groups in total. The van der Waals surface area contributed by atoms with Gasteiger partial charge in [0, 0.05) is 23.3 Å². The Hall–Kier alpha value is -1.18. The maximum absolute atomic E-state index is 13.4. The summed E-state index contributed by atoms with van der Waals surface area (Å²) in [6.45, 7) is 1.98. The van der Waals surface area contributed by atoms with Crippen molar-refractivity contribution < 1.29 is 13.6 Å². The van der Waals surface area contributed by atoms with Crippen molar-refractivity contribution in [2.24, 2.45) is 5.92 Å². The minimum atomic E-state index is -0.591. The van der Waals surface area contributed by atoms with Gasteiger partial charge in [0.2, 0.25) is 5.91 Å². The van der Waals surface area contributed by atoms with Gasteiger partial charge in [-0.05, 0) is 24.6 Å². The van der Waals surface area contributed by atoms with E-state index in [1.165, 1.54) is 23.9 Å². The first-order valence-corrected chi connectivity index (χ1v) is 7.47. The Bertz CT molecular complexity index is 522. The number of rotatable bonds is 1. The molecule has 2 aliphatic heterocycles. The number of fused-ring (bicyclic) bond motifs is 1. The van der Waals surface area contributed by atoms with Crippen LogP contribution in [0.2, 0.25) is 0 Å². The molecule has 0 aromatic heterocycles. The highest BCUT2D eigenvalue weighted by molar-refractivity contribution is 8.00. The van der Waals surface area contributed by atoms with Gasteiger partial charge in [0.15, 0.2) is 0 Å². The van der Waals surface area contributed by atoms with Crippen molar-refractivity contribution in [1.29, 1.82) is 0 Å².